The maximum absolute atomic E-state index is 11.6. The van der Waals surface area contributed by atoms with Gasteiger partial charge in [0.05, 0.1) is 19.8 Å². The van der Waals surface area contributed by atoms with Crippen LogP contribution in [0, 0.1) is 5.92 Å². The number of rotatable bonds is 6. The topological polar surface area (TPSA) is 47.6 Å². The molecule has 0 aliphatic heterocycles. The monoisotopic (exact) mass is 255 g/mol. The molecule has 4 nitrogen and oxygen atoms in total. The summed E-state index contributed by atoms with van der Waals surface area (Å²) >= 11 is 0. The highest BCUT2D eigenvalue weighted by molar-refractivity contribution is 5.75. The van der Waals surface area contributed by atoms with Gasteiger partial charge in [-0.15, -0.1) is 0 Å². The van der Waals surface area contributed by atoms with E-state index in [0.29, 0.717) is 18.8 Å². The van der Waals surface area contributed by atoms with Gasteiger partial charge >= 0.3 is 5.97 Å². The van der Waals surface area contributed by atoms with Gasteiger partial charge in [0.15, 0.2) is 0 Å². The van der Waals surface area contributed by atoms with Crippen molar-refractivity contribution in [2.45, 2.75) is 63.6 Å². The predicted octanol–water partition coefficient (Wildman–Crippen LogP) is 1.88. The Morgan fingerprint density at radius 1 is 1.22 bits per heavy atom. The van der Waals surface area contributed by atoms with Crippen molar-refractivity contribution < 1.29 is 14.3 Å². The van der Waals surface area contributed by atoms with E-state index in [-0.39, 0.29) is 12.0 Å². The third-order valence-electron chi connectivity index (χ3n) is 3.96. The van der Waals surface area contributed by atoms with Gasteiger partial charge in [-0.05, 0) is 44.4 Å². The van der Waals surface area contributed by atoms with Crippen LogP contribution >= 0.6 is 0 Å². The van der Waals surface area contributed by atoms with Crippen molar-refractivity contribution in [3.05, 3.63) is 0 Å². The molecule has 0 spiro atoms. The van der Waals surface area contributed by atoms with E-state index in [1.54, 1.807) is 0 Å². The van der Waals surface area contributed by atoms with Gasteiger partial charge in [-0.1, -0.05) is 6.92 Å². The maximum atomic E-state index is 11.6. The number of hydrogen-bond acceptors (Lipinski definition) is 4. The highest BCUT2D eigenvalue weighted by atomic mass is 16.5. The van der Waals surface area contributed by atoms with Crippen LogP contribution in [0.4, 0.5) is 0 Å². The van der Waals surface area contributed by atoms with Crippen molar-refractivity contribution in [3.8, 4) is 0 Å². The van der Waals surface area contributed by atoms with Crippen LogP contribution in [-0.2, 0) is 14.3 Å². The van der Waals surface area contributed by atoms with Gasteiger partial charge < -0.3 is 9.47 Å². The van der Waals surface area contributed by atoms with Crippen LogP contribution < -0.4 is 5.32 Å². The van der Waals surface area contributed by atoms with Gasteiger partial charge in [0.25, 0.3) is 0 Å². The van der Waals surface area contributed by atoms with Crippen LogP contribution in [-0.4, -0.2) is 37.9 Å². The molecule has 2 fully saturated rings. The Balaban J connectivity index is 1.72. The summed E-state index contributed by atoms with van der Waals surface area (Å²) in [5.41, 5.74) is 0. The summed E-state index contributed by atoms with van der Waals surface area (Å²) < 4.78 is 10.7. The Bertz CT molecular complexity index is 270. The molecular formula is C14H25NO3. The molecule has 0 amide bonds. The molecule has 2 rings (SSSR count). The number of methoxy groups -OCH3 is 1. The Hall–Kier alpha value is -0.610. The second kappa shape index (κ2) is 6.53. The zero-order valence-electron chi connectivity index (χ0n) is 11.5. The Kier molecular flexibility index (Phi) is 5.01. The fourth-order valence-corrected chi connectivity index (χ4v) is 2.49. The number of nitrogens with one attached hydrogen (secondary N) is 1. The lowest BCUT2D eigenvalue weighted by molar-refractivity contribution is -0.145. The summed E-state index contributed by atoms with van der Waals surface area (Å²) in [6, 6.07) is 0.200. The highest BCUT2D eigenvalue weighted by Gasteiger charge is 2.30. The molecule has 0 aromatic carbocycles. The predicted molar refractivity (Wildman–Crippen MR) is 69.3 cm³/mol. The van der Waals surface area contributed by atoms with Gasteiger partial charge in [-0.2, -0.15) is 0 Å². The smallest absolute Gasteiger partial charge is 0.325 e. The summed E-state index contributed by atoms with van der Waals surface area (Å²) in [6.07, 6.45) is 7.38. The van der Waals surface area contributed by atoms with Crippen LogP contribution in [0.2, 0.25) is 0 Å². The molecule has 1 N–H and O–H groups in total. The minimum Gasteiger partial charge on any atom is -0.468 e. The van der Waals surface area contributed by atoms with Crippen molar-refractivity contribution in [3.63, 3.8) is 0 Å². The quantitative estimate of drug-likeness (QED) is 0.736. The summed E-state index contributed by atoms with van der Waals surface area (Å²) in [5, 5.41) is 3.29. The lowest BCUT2D eigenvalue weighted by Crippen LogP contribution is -2.43. The molecule has 0 heterocycles. The molecule has 0 aromatic rings. The Morgan fingerprint density at radius 3 is 2.44 bits per heavy atom. The number of carbonyl (C=O) groups excluding carboxylic acids is 1. The van der Waals surface area contributed by atoms with Crippen LogP contribution in [0.1, 0.15) is 45.4 Å². The molecule has 0 bridgehead atoms. The first-order chi connectivity index (χ1) is 8.69. The van der Waals surface area contributed by atoms with Gasteiger partial charge in [-0.3, -0.25) is 10.1 Å². The van der Waals surface area contributed by atoms with E-state index in [0.717, 1.165) is 31.6 Å². The van der Waals surface area contributed by atoms with Crippen molar-refractivity contribution in [1.29, 1.82) is 0 Å². The molecule has 104 valence electrons. The van der Waals surface area contributed by atoms with E-state index in [2.05, 4.69) is 12.2 Å². The second-order valence-electron chi connectivity index (χ2n) is 5.73. The Morgan fingerprint density at radius 2 is 1.89 bits per heavy atom. The molecule has 2 aliphatic rings. The fraction of sp³-hybridized carbons (Fsp3) is 0.929. The van der Waals surface area contributed by atoms with E-state index in [1.165, 1.54) is 20.0 Å². The molecular weight excluding hydrogens is 230 g/mol. The molecule has 0 aromatic heterocycles. The Labute approximate surface area is 109 Å². The zero-order valence-corrected chi connectivity index (χ0v) is 11.5. The van der Waals surface area contributed by atoms with Gasteiger partial charge in [-0.25, -0.2) is 0 Å². The number of hydrogen-bond donors (Lipinski definition) is 1. The van der Waals surface area contributed by atoms with E-state index in [1.807, 2.05) is 0 Å². The molecule has 0 radical (unpaired) electrons. The second-order valence-corrected chi connectivity index (χ2v) is 5.73. The third kappa shape index (κ3) is 4.25. The summed E-state index contributed by atoms with van der Waals surface area (Å²) in [7, 11) is 1.44. The molecule has 18 heavy (non-hydrogen) atoms. The van der Waals surface area contributed by atoms with Gasteiger partial charge in [0.2, 0.25) is 0 Å². The summed E-state index contributed by atoms with van der Waals surface area (Å²) in [5.74, 6) is 0.622. The van der Waals surface area contributed by atoms with Crippen LogP contribution in [0.3, 0.4) is 0 Å². The molecule has 1 atom stereocenters. The molecule has 4 heteroatoms. The van der Waals surface area contributed by atoms with Crippen LogP contribution in [0.25, 0.3) is 0 Å². The van der Waals surface area contributed by atoms with E-state index >= 15 is 0 Å². The first-order valence-corrected chi connectivity index (χ1v) is 7.14. The number of carbonyl (C=O) groups is 1. The zero-order chi connectivity index (χ0) is 13.0. The molecule has 2 saturated carbocycles. The SMILES string of the molecule is COC(=O)C(COC1CCC(C)CC1)NC1CC1. The average molecular weight is 255 g/mol. The summed E-state index contributed by atoms with van der Waals surface area (Å²) in [6.45, 7) is 2.74. The van der Waals surface area contributed by atoms with E-state index in [4.69, 9.17) is 9.47 Å². The highest BCUT2D eigenvalue weighted by Crippen LogP contribution is 2.26. The normalized spacial score (nSPS) is 29.9. The van der Waals surface area contributed by atoms with Crippen LogP contribution in [0.5, 0.6) is 0 Å². The van der Waals surface area contributed by atoms with Crippen molar-refractivity contribution in [2.75, 3.05) is 13.7 Å². The van der Waals surface area contributed by atoms with Crippen LogP contribution in [0.15, 0.2) is 0 Å². The molecule has 2 aliphatic carbocycles. The van der Waals surface area contributed by atoms with Crippen molar-refractivity contribution >= 4 is 5.97 Å². The minimum atomic E-state index is -0.290. The minimum absolute atomic E-state index is 0.203. The summed E-state index contributed by atoms with van der Waals surface area (Å²) in [4.78, 5) is 11.6. The van der Waals surface area contributed by atoms with Crippen molar-refractivity contribution in [1.82, 2.24) is 5.32 Å². The van der Waals surface area contributed by atoms with E-state index in [9.17, 15) is 4.79 Å². The van der Waals surface area contributed by atoms with Gasteiger partial charge in [0.1, 0.15) is 6.04 Å². The lowest BCUT2D eigenvalue weighted by atomic mass is 9.89. The first-order valence-electron chi connectivity index (χ1n) is 7.14. The van der Waals surface area contributed by atoms with Crippen molar-refractivity contribution in [2.24, 2.45) is 5.92 Å². The van der Waals surface area contributed by atoms with Gasteiger partial charge in [0, 0.05) is 6.04 Å². The maximum Gasteiger partial charge on any atom is 0.325 e. The molecule has 1 unspecified atom stereocenters. The number of esters is 1. The molecule has 0 saturated heterocycles. The first kappa shape index (κ1) is 13.8. The standard InChI is InChI=1S/C14H25NO3/c1-10-3-7-12(8-4-10)18-9-13(14(16)17-2)15-11-5-6-11/h10-13,15H,3-9H2,1-2H3. The number of ether oxygens (including phenoxy) is 2. The fourth-order valence-electron chi connectivity index (χ4n) is 2.49. The van der Waals surface area contributed by atoms with E-state index < -0.39 is 0 Å². The lowest BCUT2D eigenvalue weighted by Gasteiger charge is -2.27. The average Bonchev–Trinajstić information content (AvgIpc) is 3.19. The largest absolute Gasteiger partial charge is 0.468 e. The third-order valence-corrected chi connectivity index (χ3v) is 3.96.